The van der Waals surface area contributed by atoms with Crippen molar-refractivity contribution in [3.63, 3.8) is 0 Å². The molecule has 1 amide bonds. The summed E-state index contributed by atoms with van der Waals surface area (Å²) in [5.74, 6) is -0.534. The Morgan fingerprint density at radius 3 is 2.70 bits per heavy atom. The first kappa shape index (κ1) is 18.2. The first-order valence-electron chi connectivity index (χ1n) is 9.98. The predicted octanol–water partition coefficient (Wildman–Crippen LogP) is 3.15. The van der Waals surface area contributed by atoms with Crippen molar-refractivity contribution in [3.8, 4) is 0 Å². The second kappa shape index (κ2) is 7.80. The molecule has 2 saturated heterocycles. The van der Waals surface area contributed by atoms with Crippen LogP contribution in [0.2, 0.25) is 0 Å². The van der Waals surface area contributed by atoms with E-state index in [0.717, 1.165) is 51.9 Å². The number of hydrogen-bond donors (Lipinski definition) is 1. The zero-order valence-electron chi connectivity index (χ0n) is 15.5. The summed E-state index contributed by atoms with van der Waals surface area (Å²) >= 11 is 0. The second-order valence-corrected chi connectivity index (χ2v) is 7.72. The van der Waals surface area contributed by atoms with Crippen LogP contribution < -0.4 is 5.56 Å². The molecule has 0 radical (unpaired) electrons. The SMILES string of the molecule is O=C(c1cc(=O)[nH]c2cc(F)ccc12)N1CCCC[C@H]1CCN1CCCC1. The number of pyridine rings is 1. The lowest BCUT2D eigenvalue weighted by Gasteiger charge is -2.37. The van der Waals surface area contributed by atoms with Crippen molar-refractivity contribution < 1.29 is 9.18 Å². The fourth-order valence-corrected chi connectivity index (χ4v) is 4.47. The van der Waals surface area contributed by atoms with Gasteiger partial charge in [0.05, 0.1) is 11.1 Å². The van der Waals surface area contributed by atoms with E-state index in [4.69, 9.17) is 0 Å². The average molecular weight is 371 g/mol. The molecule has 1 aromatic carbocycles. The van der Waals surface area contributed by atoms with Crippen molar-refractivity contribution in [2.75, 3.05) is 26.2 Å². The van der Waals surface area contributed by atoms with Gasteiger partial charge in [-0.3, -0.25) is 9.59 Å². The van der Waals surface area contributed by atoms with Crippen LogP contribution in [0.25, 0.3) is 10.9 Å². The van der Waals surface area contributed by atoms with Gasteiger partial charge in [0.2, 0.25) is 5.56 Å². The maximum Gasteiger partial charge on any atom is 0.254 e. The summed E-state index contributed by atoms with van der Waals surface area (Å²) in [6.07, 6.45) is 6.64. The van der Waals surface area contributed by atoms with E-state index in [1.165, 1.54) is 31.0 Å². The number of amides is 1. The molecule has 2 fully saturated rings. The largest absolute Gasteiger partial charge is 0.336 e. The number of halogens is 1. The Kier molecular flexibility index (Phi) is 5.25. The van der Waals surface area contributed by atoms with Gasteiger partial charge in [-0.2, -0.15) is 0 Å². The van der Waals surface area contributed by atoms with Gasteiger partial charge in [-0.05, 0) is 69.8 Å². The number of fused-ring (bicyclic) bond motifs is 1. The molecule has 144 valence electrons. The van der Waals surface area contributed by atoms with E-state index in [1.807, 2.05) is 4.90 Å². The number of rotatable bonds is 4. The number of nitrogens with zero attached hydrogens (tertiary/aromatic N) is 2. The van der Waals surface area contributed by atoms with Crippen LogP contribution in [0.15, 0.2) is 29.1 Å². The van der Waals surface area contributed by atoms with E-state index in [0.29, 0.717) is 16.5 Å². The smallest absolute Gasteiger partial charge is 0.254 e. The highest BCUT2D eigenvalue weighted by molar-refractivity contribution is 6.06. The minimum atomic E-state index is -0.427. The minimum Gasteiger partial charge on any atom is -0.336 e. The Balaban J connectivity index is 1.59. The highest BCUT2D eigenvalue weighted by Gasteiger charge is 2.29. The van der Waals surface area contributed by atoms with Crippen molar-refractivity contribution in [1.29, 1.82) is 0 Å². The van der Waals surface area contributed by atoms with Crippen molar-refractivity contribution in [2.24, 2.45) is 0 Å². The third-order valence-electron chi connectivity index (χ3n) is 5.90. The molecule has 2 aromatic rings. The van der Waals surface area contributed by atoms with Crippen LogP contribution in [0.4, 0.5) is 4.39 Å². The van der Waals surface area contributed by atoms with Crippen LogP contribution in [0.5, 0.6) is 0 Å². The molecule has 2 aliphatic heterocycles. The summed E-state index contributed by atoms with van der Waals surface area (Å²) in [6.45, 7) is 4.06. The summed E-state index contributed by atoms with van der Waals surface area (Å²) in [5, 5.41) is 0.602. The van der Waals surface area contributed by atoms with Crippen LogP contribution in [0, 0.1) is 5.82 Å². The Morgan fingerprint density at radius 1 is 1.11 bits per heavy atom. The molecular weight excluding hydrogens is 345 g/mol. The highest BCUT2D eigenvalue weighted by atomic mass is 19.1. The number of likely N-dealkylation sites (tertiary alicyclic amines) is 2. The van der Waals surface area contributed by atoms with Gasteiger partial charge in [0.1, 0.15) is 5.82 Å². The molecule has 3 heterocycles. The van der Waals surface area contributed by atoms with E-state index in [-0.39, 0.29) is 17.5 Å². The Labute approximate surface area is 158 Å². The summed E-state index contributed by atoms with van der Waals surface area (Å²) < 4.78 is 13.5. The lowest BCUT2D eigenvalue weighted by molar-refractivity contribution is 0.0589. The van der Waals surface area contributed by atoms with Crippen LogP contribution in [0.3, 0.4) is 0 Å². The highest BCUT2D eigenvalue weighted by Crippen LogP contribution is 2.25. The van der Waals surface area contributed by atoms with Crippen LogP contribution in [-0.2, 0) is 0 Å². The summed E-state index contributed by atoms with van der Waals surface area (Å²) in [4.78, 5) is 32.4. The van der Waals surface area contributed by atoms with Gasteiger partial charge < -0.3 is 14.8 Å². The van der Waals surface area contributed by atoms with Gasteiger partial charge in [0.15, 0.2) is 0 Å². The number of carbonyl (C=O) groups excluding carboxylic acids is 1. The third kappa shape index (κ3) is 3.90. The van der Waals surface area contributed by atoms with Crippen LogP contribution >= 0.6 is 0 Å². The monoisotopic (exact) mass is 371 g/mol. The minimum absolute atomic E-state index is 0.108. The molecule has 2 aliphatic rings. The molecule has 0 aliphatic carbocycles. The molecule has 0 unspecified atom stereocenters. The van der Waals surface area contributed by atoms with E-state index in [1.54, 1.807) is 6.07 Å². The van der Waals surface area contributed by atoms with Gasteiger partial charge in [-0.15, -0.1) is 0 Å². The second-order valence-electron chi connectivity index (χ2n) is 7.72. The van der Waals surface area contributed by atoms with Gasteiger partial charge in [0.25, 0.3) is 5.91 Å². The molecule has 1 aromatic heterocycles. The fourth-order valence-electron chi connectivity index (χ4n) is 4.47. The summed E-state index contributed by atoms with van der Waals surface area (Å²) in [5.41, 5.74) is 0.375. The van der Waals surface area contributed by atoms with Crippen LogP contribution in [-0.4, -0.2) is 52.9 Å². The normalized spacial score (nSPS) is 21.1. The maximum atomic E-state index is 13.5. The molecule has 1 N–H and O–H groups in total. The van der Waals surface area contributed by atoms with Gasteiger partial charge in [-0.25, -0.2) is 4.39 Å². The topological polar surface area (TPSA) is 56.4 Å². The van der Waals surface area contributed by atoms with E-state index < -0.39 is 5.82 Å². The number of aromatic amines is 1. The Morgan fingerprint density at radius 2 is 1.89 bits per heavy atom. The molecule has 5 nitrogen and oxygen atoms in total. The molecule has 0 spiro atoms. The predicted molar refractivity (Wildman–Crippen MR) is 103 cm³/mol. The summed E-state index contributed by atoms with van der Waals surface area (Å²) in [6, 6.07) is 5.75. The van der Waals surface area contributed by atoms with Crippen molar-refractivity contribution >= 4 is 16.8 Å². The average Bonchev–Trinajstić information content (AvgIpc) is 3.18. The van der Waals surface area contributed by atoms with Gasteiger partial charge in [-0.1, -0.05) is 0 Å². The molecule has 0 bridgehead atoms. The molecule has 6 heteroatoms. The molecule has 4 rings (SSSR count). The Hall–Kier alpha value is -2.21. The maximum absolute atomic E-state index is 13.5. The van der Waals surface area contributed by atoms with Crippen molar-refractivity contribution in [1.82, 2.24) is 14.8 Å². The number of carbonyl (C=O) groups is 1. The van der Waals surface area contributed by atoms with E-state index >= 15 is 0 Å². The van der Waals surface area contributed by atoms with E-state index in [9.17, 15) is 14.0 Å². The first-order valence-corrected chi connectivity index (χ1v) is 9.98. The van der Waals surface area contributed by atoms with Crippen molar-refractivity contribution in [2.45, 2.75) is 44.6 Å². The lowest BCUT2D eigenvalue weighted by Crippen LogP contribution is -2.45. The van der Waals surface area contributed by atoms with Gasteiger partial charge >= 0.3 is 0 Å². The standard InChI is InChI=1S/C21H26FN3O2/c22-15-6-7-17-18(14-20(26)23-19(17)13-15)21(27)25-11-2-1-5-16(25)8-12-24-9-3-4-10-24/h6-7,13-14,16H,1-5,8-12H2,(H,23,26)/t16-/m0/s1. The number of aromatic nitrogens is 1. The number of benzene rings is 1. The lowest BCUT2D eigenvalue weighted by atomic mass is 9.97. The molecular formula is C21H26FN3O2. The van der Waals surface area contributed by atoms with Crippen molar-refractivity contribution in [3.05, 3.63) is 46.0 Å². The number of H-pyrrole nitrogens is 1. The number of nitrogens with one attached hydrogen (secondary N) is 1. The third-order valence-corrected chi connectivity index (χ3v) is 5.90. The number of hydrogen-bond acceptors (Lipinski definition) is 3. The zero-order valence-corrected chi connectivity index (χ0v) is 15.5. The molecule has 0 saturated carbocycles. The van der Waals surface area contributed by atoms with E-state index in [2.05, 4.69) is 9.88 Å². The molecule has 27 heavy (non-hydrogen) atoms. The zero-order chi connectivity index (χ0) is 18.8. The first-order chi connectivity index (χ1) is 13.1. The van der Waals surface area contributed by atoms with Crippen LogP contribution in [0.1, 0.15) is 48.9 Å². The molecule has 1 atom stereocenters. The van der Waals surface area contributed by atoms with Gasteiger partial charge in [0, 0.05) is 30.6 Å². The quantitative estimate of drug-likeness (QED) is 0.898. The summed E-state index contributed by atoms with van der Waals surface area (Å²) in [7, 11) is 0. The Bertz CT molecular complexity index is 889. The fraction of sp³-hybridized carbons (Fsp3) is 0.524. The number of piperidine rings is 1.